The zero-order valence-electron chi connectivity index (χ0n) is 7.31. The minimum Gasteiger partial charge on any atom is -0.396 e. The van der Waals surface area contributed by atoms with Gasteiger partial charge >= 0.3 is 0 Å². The smallest absolute Gasteiger partial charge is 0.282 e. The van der Waals surface area contributed by atoms with Crippen LogP contribution in [0.15, 0.2) is 11.0 Å². The first-order chi connectivity index (χ1) is 6.73. The van der Waals surface area contributed by atoms with Crippen LogP contribution < -0.4 is 16.6 Å². The number of anilines is 2. The number of rotatable bonds is 2. The molecule has 0 unspecified atom stereocenters. The first-order valence-electron chi connectivity index (χ1n) is 3.60. The normalized spacial score (nSPS) is 12.0. The molecule has 0 aromatic carbocycles. The molecule has 0 bridgehead atoms. The fourth-order valence-corrected chi connectivity index (χ4v) is 1.67. The lowest BCUT2D eigenvalue weighted by Gasteiger charge is -2.09. The molecule has 0 aliphatic heterocycles. The molecule has 6 N–H and O–H groups in total. The quantitative estimate of drug-likeness (QED) is 0.659. The molecular formula is C6H8F2N4O2S. The van der Waals surface area contributed by atoms with Gasteiger partial charge < -0.3 is 11.5 Å². The van der Waals surface area contributed by atoms with Gasteiger partial charge in [-0.2, -0.15) is 0 Å². The number of nitrogen functional groups attached to an aromatic ring is 2. The molecular weight excluding hydrogens is 230 g/mol. The van der Waals surface area contributed by atoms with E-state index in [1.807, 2.05) is 0 Å². The van der Waals surface area contributed by atoms with Crippen molar-refractivity contribution in [3.8, 4) is 0 Å². The number of hydrogen-bond acceptors (Lipinski definition) is 5. The summed E-state index contributed by atoms with van der Waals surface area (Å²) in [6.45, 7) is 0. The standard InChI is InChI=1S/C6H8F2N4O2S/c7-6(8)5-4(10)2(15(11,13)14)1-3(9)12-5/h1,6H,10H2,(H2,9,12)(H2,11,13,14). The van der Waals surface area contributed by atoms with Crippen LogP contribution in [0.25, 0.3) is 0 Å². The van der Waals surface area contributed by atoms with Gasteiger partial charge in [-0.15, -0.1) is 0 Å². The van der Waals surface area contributed by atoms with E-state index < -0.39 is 32.7 Å². The average molecular weight is 238 g/mol. The van der Waals surface area contributed by atoms with Gasteiger partial charge in [0.15, 0.2) is 0 Å². The Kier molecular flexibility index (Phi) is 2.77. The Morgan fingerprint density at radius 3 is 2.27 bits per heavy atom. The minimum absolute atomic E-state index is 0.386. The number of pyridine rings is 1. The maximum absolute atomic E-state index is 12.3. The van der Waals surface area contributed by atoms with Crippen molar-refractivity contribution >= 4 is 21.5 Å². The predicted molar refractivity (Wildman–Crippen MR) is 49.4 cm³/mol. The van der Waals surface area contributed by atoms with E-state index in [0.717, 1.165) is 6.07 Å². The van der Waals surface area contributed by atoms with Crippen LogP contribution in [-0.4, -0.2) is 13.4 Å². The van der Waals surface area contributed by atoms with Crippen LogP contribution in [0.1, 0.15) is 12.1 Å². The summed E-state index contributed by atoms with van der Waals surface area (Å²) in [6.07, 6.45) is -3.02. The van der Waals surface area contributed by atoms with Crippen molar-refractivity contribution in [1.82, 2.24) is 4.98 Å². The van der Waals surface area contributed by atoms with Crippen molar-refractivity contribution in [2.24, 2.45) is 5.14 Å². The largest absolute Gasteiger partial charge is 0.396 e. The Hall–Kier alpha value is -1.48. The molecule has 84 valence electrons. The highest BCUT2D eigenvalue weighted by atomic mass is 32.2. The van der Waals surface area contributed by atoms with Gasteiger partial charge in [-0.3, -0.25) is 0 Å². The second-order valence-corrected chi connectivity index (χ2v) is 4.22. The molecule has 0 amide bonds. The van der Waals surface area contributed by atoms with Crippen LogP contribution in [0.4, 0.5) is 20.3 Å². The molecule has 9 heteroatoms. The van der Waals surface area contributed by atoms with Crippen molar-refractivity contribution in [2.75, 3.05) is 11.5 Å². The number of nitrogens with two attached hydrogens (primary N) is 3. The highest BCUT2D eigenvalue weighted by Gasteiger charge is 2.22. The molecule has 0 radical (unpaired) electrons. The molecule has 0 atom stereocenters. The maximum Gasteiger partial charge on any atom is 0.282 e. The van der Waals surface area contributed by atoms with Crippen LogP contribution in [0.5, 0.6) is 0 Å². The summed E-state index contributed by atoms with van der Waals surface area (Å²) < 4.78 is 46.6. The van der Waals surface area contributed by atoms with E-state index >= 15 is 0 Å². The predicted octanol–water partition coefficient (Wildman–Crippen LogP) is -0.169. The lowest BCUT2D eigenvalue weighted by atomic mass is 10.3. The SMILES string of the molecule is Nc1cc(S(N)(=O)=O)c(N)c(C(F)F)n1. The average Bonchev–Trinajstić information content (AvgIpc) is 2.06. The Labute approximate surface area is 84.1 Å². The molecule has 6 nitrogen and oxygen atoms in total. The third-order valence-corrected chi connectivity index (χ3v) is 2.53. The molecule has 15 heavy (non-hydrogen) atoms. The van der Waals surface area contributed by atoms with Gasteiger partial charge in [0.25, 0.3) is 6.43 Å². The molecule has 0 spiro atoms. The third kappa shape index (κ3) is 2.30. The second-order valence-electron chi connectivity index (χ2n) is 2.69. The Balaban J connectivity index is 3.56. The lowest BCUT2D eigenvalue weighted by Crippen LogP contribution is -2.17. The number of sulfonamides is 1. The van der Waals surface area contributed by atoms with Gasteiger partial charge in [-0.05, 0) is 0 Å². The Morgan fingerprint density at radius 2 is 1.87 bits per heavy atom. The molecule has 1 rings (SSSR count). The number of alkyl halides is 2. The second kappa shape index (κ2) is 3.59. The molecule has 0 fully saturated rings. The molecule has 0 aliphatic rings. The van der Waals surface area contributed by atoms with E-state index in [1.165, 1.54) is 0 Å². The van der Waals surface area contributed by atoms with Crippen molar-refractivity contribution in [1.29, 1.82) is 0 Å². The topological polar surface area (TPSA) is 125 Å². The van der Waals surface area contributed by atoms with Gasteiger partial charge in [0, 0.05) is 6.07 Å². The minimum atomic E-state index is -4.19. The van der Waals surface area contributed by atoms with Crippen molar-refractivity contribution in [2.45, 2.75) is 11.3 Å². The highest BCUT2D eigenvalue weighted by molar-refractivity contribution is 7.89. The third-order valence-electron chi connectivity index (χ3n) is 1.58. The summed E-state index contributed by atoms with van der Waals surface area (Å²) in [7, 11) is -4.19. The van der Waals surface area contributed by atoms with Crippen LogP contribution in [0.3, 0.4) is 0 Å². The van der Waals surface area contributed by atoms with Crippen molar-refractivity contribution in [3.63, 3.8) is 0 Å². The molecule has 0 saturated carbocycles. The summed E-state index contributed by atoms with van der Waals surface area (Å²) in [4.78, 5) is 2.58. The summed E-state index contributed by atoms with van der Waals surface area (Å²) in [5.74, 6) is -0.386. The number of aromatic nitrogens is 1. The summed E-state index contributed by atoms with van der Waals surface area (Å²) in [6, 6.07) is 0.830. The van der Waals surface area contributed by atoms with Gasteiger partial charge in [0.1, 0.15) is 16.4 Å². The van der Waals surface area contributed by atoms with Crippen LogP contribution in [0.2, 0.25) is 0 Å². The fourth-order valence-electron chi connectivity index (χ4n) is 0.972. The molecule has 0 saturated heterocycles. The van der Waals surface area contributed by atoms with E-state index in [-0.39, 0.29) is 5.82 Å². The Morgan fingerprint density at radius 1 is 1.33 bits per heavy atom. The van der Waals surface area contributed by atoms with E-state index in [4.69, 9.17) is 16.6 Å². The van der Waals surface area contributed by atoms with Crippen molar-refractivity contribution < 1.29 is 17.2 Å². The molecule has 1 aromatic rings. The zero-order chi connectivity index (χ0) is 11.8. The van der Waals surface area contributed by atoms with Crippen LogP contribution in [-0.2, 0) is 10.0 Å². The molecule has 1 aromatic heterocycles. The number of hydrogen-bond donors (Lipinski definition) is 3. The zero-order valence-corrected chi connectivity index (χ0v) is 8.13. The Bertz CT molecular complexity index is 488. The summed E-state index contributed by atoms with van der Waals surface area (Å²) in [5, 5.41) is 4.76. The van der Waals surface area contributed by atoms with Crippen molar-refractivity contribution in [3.05, 3.63) is 11.8 Å². The van der Waals surface area contributed by atoms with Crippen LogP contribution in [0, 0.1) is 0 Å². The lowest BCUT2D eigenvalue weighted by molar-refractivity contribution is 0.147. The molecule has 1 heterocycles. The fraction of sp³-hybridized carbons (Fsp3) is 0.167. The summed E-state index contributed by atoms with van der Waals surface area (Å²) in [5.41, 5.74) is 8.76. The van der Waals surface area contributed by atoms with E-state index in [2.05, 4.69) is 4.98 Å². The molecule has 0 aliphatic carbocycles. The summed E-state index contributed by atoms with van der Waals surface area (Å²) >= 11 is 0. The van der Waals surface area contributed by atoms with Gasteiger partial charge in [-0.25, -0.2) is 27.3 Å². The van der Waals surface area contributed by atoms with E-state index in [1.54, 1.807) is 0 Å². The van der Waals surface area contributed by atoms with E-state index in [0.29, 0.717) is 0 Å². The number of primary sulfonamides is 1. The van der Waals surface area contributed by atoms with Crippen LogP contribution >= 0.6 is 0 Å². The first kappa shape index (κ1) is 11.6. The first-order valence-corrected chi connectivity index (χ1v) is 5.15. The highest BCUT2D eigenvalue weighted by Crippen LogP contribution is 2.29. The maximum atomic E-state index is 12.3. The van der Waals surface area contributed by atoms with Gasteiger partial charge in [0.2, 0.25) is 10.0 Å². The monoisotopic (exact) mass is 238 g/mol. The van der Waals surface area contributed by atoms with E-state index in [9.17, 15) is 17.2 Å². The van der Waals surface area contributed by atoms with Gasteiger partial charge in [0.05, 0.1) is 5.69 Å². The van der Waals surface area contributed by atoms with Gasteiger partial charge in [-0.1, -0.05) is 0 Å². The number of halogens is 2. The number of nitrogens with zero attached hydrogens (tertiary/aromatic N) is 1.